The Hall–Kier alpha value is -1.69. The molecule has 0 saturated carbocycles. The molecule has 0 bridgehead atoms. The minimum atomic E-state index is -1.16. The van der Waals surface area contributed by atoms with Gasteiger partial charge in [0.1, 0.15) is 0 Å². The van der Waals surface area contributed by atoms with Crippen LogP contribution < -0.4 is 0 Å². The summed E-state index contributed by atoms with van der Waals surface area (Å²) in [5.74, 6) is -1.16. The summed E-state index contributed by atoms with van der Waals surface area (Å²) in [6.45, 7) is 0. The molecule has 0 amide bonds. The van der Waals surface area contributed by atoms with Gasteiger partial charge >= 0.3 is 5.97 Å². The van der Waals surface area contributed by atoms with E-state index in [-0.39, 0.29) is 5.69 Å². The van der Waals surface area contributed by atoms with Crippen molar-refractivity contribution in [3.05, 3.63) is 27.9 Å². The molecule has 0 unspecified atom stereocenters. The number of nitrogens with zero attached hydrogens (tertiary/aromatic N) is 1. The summed E-state index contributed by atoms with van der Waals surface area (Å²) in [6, 6.07) is 3.32. The number of carboxylic acid groups (broad SMARTS) is 1. The number of aromatic carboxylic acids is 1. The van der Waals surface area contributed by atoms with Crippen LogP contribution >= 0.6 is 15.9 Å². The topological polar surface area (TPSA) is 83.0 Å². The van der Waals surface area contributed by atoms with Crippen molar-refractivity contribution >= 4 is 39.1 Å². The van der Waals surface area contributed by atoms with Crippen LogP contribution in [-0.4, -0.2) is 27.6 Å². The second kappa shape index (κ2) is 3.47. The highest BCUT2D eigenvalue weighted by atomic mass is 79.9. The van der Waals surface area contributed by atoms with Crippen LogP contribution in [0.3, 0.4) is 0 Å². The average Bonchev–Trinajstić information content (AvgIpc) is 2.61. The first-order chi connectivity index (χ1) is 7.15. The molecule has 1 aromatic carbocycles. The van der Waals surface area contributed by atoms with Crippen LogP contribution in [-0.2, 0) is 0 Å². The molecule has 1 heterocycles. The molecule has 0 fully saturated rings. The van der Waals surface area contributed by atoms with E-state index in [9.17, 15) is 9.59 Å². The second-order valence-electron chi connectivity index (χ2n) is 2.88. The molecular formula is C9H5BrN2O3. The van der Waals surface area contributed by atoms with Gasteiger partial charge in [-0.15, -0.1) is 0 Å². The summed E-state index contributed by atoms with van der Waals surface area (Å²) < 4.78 is 0.550. The molecule has 0 aliphatic rings. The van der Waals surface area contributed by atoms with E-state index in [0.717, 1.165) is 0 Å². The Balaban J connectivity index is 2.92. The second-order valence-corrected chi connectivity index (χ2v) is 3.73. The summed E-state index contributed by atoms with van der Waals surface area (Å²) in [4.78, 5) is 21.7. The quantitative estimate of drug-likeness (QED) is 0.815. The molecule has 0 radical (unpaired) electrons. The first-order valence-corrected chi connectivity index (χ1v) is 4.79. The number of hydrogen-bond donors (Lipinski definition) is 2. The predicted molar refractivity (Wildman–Crippen MR) is 56.1 cm³/mol. The van der Waals surface area contributed by atoms with Gasteiger partial charge in [-0.25, -0.2) is 4.79 Å². The molecular weight excluding hydrogens is 264 g/mol. The highest BCUT2D eigenvalue weighted by Gasteiger charge is 2.17. The van der Waals surface area contributed by atoms with Crippen LogP contribution in [0.4, 0.5) is 0 Å². The Morgan fingerprint density at radius 3 is 2.87 bits per heavy atom. The van der Waals surface area contributed by atoms with Gasteiger partial charge < -0.3 is 5.11 Å². The highest BCUT2D eigenvalue weighted by Crippen LogP contribution is 2.26. The molecule has 0 saturated heterocycles. The summed E-state index contributed by atoms with van der Waals surface area (Å²) in [7, 11) is 0. The number of rotatable bonds is 2. The minimum Gasteiger partial charge on any atom is -0.476 e. The van der Waals surface area contributed by atoms with Gasteiger partial charge in [-0.2, -0.15) is 5.10 Å². The van der Waals surface area contributed by atoms with Crippen molar-refractivity contribution < 1.29 is 14.7 Å². The molecule has 2 N–H and O–H groups in total. The smallest absolute Gasteiger partial charge is 0.357 e. The number of carbonyl (C=O) groups excluding carboxylic acids is 1. The molecule has 1 aromatic heterocycles. The molecule has 5 nitrogen and oxygen atoms in total. The number of fused-ring (bicyclic) bond motifs is 1. The maximum absolute atomic E-state index is 10.8. The lowest BCUT2D eigenvalue weighted by Crippen LogP contribution is -1.98. The van der Waals surface area contributed by atoms with Crippen LogP contribution in [0.1, 0.15) is 20.8 Å². The number of halogens is 1. The summed E-state index contributed by atoms with van der Waals surface area (Å²) in [5.41, 5.74) is 0.671. The summed E-state index contributed by atoms with van der Waals surface area (Å²) in [6.07, 6.45) is 0.606. The van der Waals surface area contributed by atoms with Crippen molar-refractivity contribution in [2.24, 2.45) is 0 Å². The maximum Gasteiger partial charge on any atom is 0.357 e. The third-order valence-corrected chi connectivity index (χ3v) is 2.73. The zero-order valence-electron chi connectivity index (χ0n) is 7.32. The zero-order valence-corrected chi connectivity index (χ0v) is 8.91. The van der Waals surface area contributed by atoms with Gasteiger partial charge in [0.05, 0.1) is 5.52 Å². The third kappa shape index (κ3) is 1.42. The lowest BCUT2D eigenvalue weighted by molar-refractivity contribution is 0.0692. The van der Waals surface area contributed by atoms with E-state index >= 15 is 0 Å². The van der Waals surface area contributed by atoms with Gasteiger partial charge in [-0.1, -0.05) is 15.9 Å². The molecule has 0 aliphatic carbocycles. The molecule has 76 valence electrons. The number of nitrogens with one attached hydrogen (secondary N) is 1. The van der Waals surface area contributed by atoms with E-state index in [1.54, 1.807) is 12.1 Å². The first-order valence-electron chi connectivity index (χ1n) is 4.00. The molecule has 0 aliphatic heterocycles. The van der Waals surface area contributed by atoms with Gasteiger partial charge in [0.2, 0.25) is 0 Å². The fourth-order valence-corrected chi connectivity index (χ4v) is 1.81. The van der Waals surface area contributed by atoms with Crippen LogP contribution in [0.2, 0.25) is 0 Å². The summed E-state index contributed by atoms with van der Waals surface area (Å²) in [5, 5.41) is 15.4. The van der Waals surface area contributed by atoms with E-state index in [4.69, 9.17) is 5.11 Å². The number of carboxylic acids is 1. The monoisotopic (exact) mass is 268 g/mol. The van der Waals surface area contributed by atoms with Crippen LogP contribution in [0.25, 0.3) is 10.9 Å². The van der Waals surface area contributed by atoms with Crippen LogP contribution in [0, 0.1) is 0 Å². The van der Waals surface area contributed by atoms with E-state index in [2.05, 4.69) is 26.1 Å². The van der Waals surface area contributed by atoms with Crippen molar-refractivity contribution in [1.29, 1.82) is 0 Å². The number of benzene rings is 1. The predicted octanol–water partition coefficient (Wildman–Crippen LogP) is 1.84. The fraction of sp³-hybridized carbons (Fsp3) is 0. The largest absolute Gasteiger partial charge is 0.476 e. The van der Waals surface area contributed by atoms with E-state index in [1.807, 2.05) is 0 Å². The van der Waals surface area contributed by atoms with Crippen molar-refractivity contribution in [2.45, 2.75) is 0 Å². The molecule has 6 heteroatoms. The van der Waals surface area contributed by atoms with Gasteiger partial charge in [-0.3, -0.25) is 9.89 Å². The van der Waals surface area contributed by atoms with Crippen LogP contribution in [0.5, 0.6) is 0 Å². The Morgan fingerprint density at radius 1 is 1.53 bits per heavy atom. The fourth-order valence-electron chi connectivity index (χ4n) is 1.38. The lowest BCUT2D eigenvalue weighted by Gasteiger charge is -1.98. The lowest BCUT2D eigenvalue weighted by atomic mass is 10.1. The highest BCUT2D eigenvalue weighted by molar-refractivity contribution is 9.10. The normalized spacial score (nSPS) is 10.5. The molecule has 0 spiro atoms. The van der Waals surface area contributed by atoms with E-state index in [1.165, 1.54) is 0 Å². The number of hydrogen-bond acceptors (Lipinski definition) is 3. The van der Waals surface area contributed by atoms with E-state index < -0.39 is 5.97 Å². The number of aromatic nitrogens is 2. The SMILES string of the molecule is O=Cc1c(Br)ccc2[nH]nc(C(=O)O)c12. The van der Waals surface area contributed by atoms with Gasteiger partial charge in [0.15, 0.2) is 12.0 Å². The van der Waals surface area contributed by atoms with Gasteiger partial charge in [0, 0.05) is 15.4 Å². The van der Waals surface area contributed by atoms with Crippen molar-refractivity contribution in [1.82, 2.24) is 10.2 Å². The number of carbonyl (C=O) groups is 2. The maximum atomic E-state index is 10.8. The first kappa shape index (κ1) is 9.85. The van der Waals surface area contributed by atoms with Crippen molar-refractivity contribution in [3.8, 4) is 0 Å². The molecule has 0 atom stereocenters. The number of H-pyrrole nitrogens is 1. The number of aromatic amines is 1. The minimum absolute atomic E-state index is 0.145. The van der Waals surface area contributed by atoms with Crippen molar-refractivity contribution in [3.63, 3.8) is 0 Å². The number of aldehydes is 1. The Kier molecular flexibility index (Phi) is 2.28. The standard InChI is InChI=1S/C9H5BrN2O3/c10-5-1-2-6-7(4(5)3-13)8(9(14)15)12-11-6/h1-3H,(H,11,12)(H,14,15). The average molecular weight is 269 g/mol. The Morgan fingerprint density at radius 2 is 2.27 bits per heavy atom. The van der Waals surface area contributed by atoms with E-state index in [0.29, 0.717) is 27.2 Å². The van der Waals surface area contributed by atoms with Crippen LogP contribution in [0.15, 0.2) is 16.6 Å². The third-order valence-electron chi connectivity index (χ3n) is 2.04. The Labute approximate surface area is 92.2 Å². The van der Waals surface area contributed by atoms with Gasteiger partial charge in [0.25, 0.3) is 0 Å². The Bertz CT molecular complexity index is 562. The zero-order chi connectivity index (χ0) is 11.0. The molecule has 2 rings (SSSR count). The molecule has 15 heavy (non-hydrogen) atoms. The van der Waals surface area contributed by atoms with Crippen molar-refractivity contribution in [2.75, 3.05) is 0 Å². The summed E-state index contributed by atoms with van der Waals surface area (Å²) >= 11 is 3.18. The molecule has 2 aromatic rings. The van der Waals surface area contributed by atoms with Gasteiger partial charge in [-0.05, 0) is 12.1 Å².